The second kappa shape index (κ2) is 5.13. The summed E-state index contributed by atoms with van der Waals surface area (Å²) in [5, 5.41) is 3.57. The summed E-state index contributed by atoms with van der Waals surface area (Å²) < 4.78 is 0. The minimum absolute atomic E-state index is 0.871. The van der Waals surface area contributed by atoms with Gasteiger partial charge in [0, 0.05) is 15.8 Å². The molecule has 1 aliphatic rings. The number of unbranched alkanes of at least 4 members (excludes halogenated alkanes) is 1. The number of hydrogen-bond donors (Lipinski definition) is 1. The largest absolute Gasteiger partial charge is 0.314 e. The fourth-order valence-electron chi connectivity index (χ4n) is 1.94. The summed E-state index contributed by atoms with van der Waals surface area (Å²) in [5.74, 6) is 0. The van der Waals surface area contributed by atoms with Crippen LogP contribution in [0.4, 0.5) is 0 Å². The third-order valence-electron chi connectivity index (χ3n) is 2.98. The Morgan fingerprint density at radius 2 is 2.13 bits per heavy atom. The van der Waals surface area contributed by atoms with Crippen LogP contribution in [0.2, 0.25) is 0 Å². The molecule has 0 saturated heterocycles. The van der Waals surface area contributed by atoms with Crippen molar-refractivity contribution in [2.75, 3.05) is 6.54 Å². The second-order valence-electron chi connectivity index (χ2n) is 4.65. The molecule has 0 bridgehead atoms. The van der Waals surface area contributed by atoms with Crippen LogP contribution in [0.5, 0.6) is 0 Å². The predicted octanol–water partition coefficient (Wildman–Crippen LogP) is 3.44. The smallest absolute Gasteiger partial charge is 0.00772 e. The van der Waals surface area contributed by atoms with Gasteiger partial charge in [-0.2, -0.15) is 0 Å². The molecule has 1 aromatic rings. The molecular formula is C13H21NS. The lowest BCUT2D eigenvalue weighted by Crippen LogP contribution is -2.17. The quantitative estimate of drug-likeness (QED) is 0.728. The van der Waals surface area contributed by atoms with Crippen molar-refractivity contribution in [2.24, 2.45) is 0 Å². The van der Waals surface area contributed by atoms with Gasteiger partial charge in [0.15, 0.2) is 0 Å². The summed E-state index contributed by atoms with van der Waals surface area (Å²) in [4.78, 5) is 3.05. The zero-order valence-electron chi connectivity index (χ0n) is 9.81. The molecule has 0 radical (unpaired) electrons. The van der Waals surface area contributed by atoms with Crippen molar-refractivity contribution >= 4 is 11.3 Å². The highest BCUT2D eigenvalue weighted by Crippen LogP contribution is 2.23. The second-order valence-corrected chi connectivity index (χ2v) is 5.99. The van der Waals surface area contributed by atoms with Crippen molar-refractivity contribution in [3.05, 3.63) is 21.4 Å². The summed E-state index contributed by atoms with van der Waals surface area (Å²) in [6.07, 6.45) is 6.75. The Bertz CT molecular complexity index is 312. The topological polar surface area (TPSA) is 12.0 Å². The summed E-state index contributed by atoms with van der Waals surface area (Å²) in [6, 6.07) is 3.18. The van der Waals surface area contributed by atoms with Crippen molar-refractivity contribution in [2.45, 2.75) is 52.0 Å². The Hall–Kier alpha value is -0.340. The lowest BCUT2D eigenvalue weighted by Gasteiger charge is -2.02. The van der Waals surface area contributed by atoms with Crippen LogP contribution in [0.15, 0.2) is 6.07 Å². The summed E-state index contributed by atoms with van der Waals surface area (Å²) >= 11 is 1.97. The minimum Gasteiger partial charge on any atom is -0.314 e. The van der Waals surface area contributed by atoms with Crippen molar-refractivity contribution in [3.8, 4) is 0 Å². The fraction of sp³-hybridized carbons (Fsp3) is 0.692. The van der Waals surface area contributed by atoms with Crippen LogP contribution in [0.25, 0.3) is 0 Å². The highest BCUT2D eigenvalue weighted by molar-refractivity contribution is 7.12. The minimum atomic E-state index is 0.871. The van der Waals surface area contributed by atoms with Crippen LogP contribution in [-0.2, 0) is 6.42 Å². The molecule has 0 unspecified atom stereocenters. The van der Waals surface area contributed by atoms with E-state index in [0.717, 1.165) is 6.04 Å². The number of aryl methyl sites for hydroxylation is 3. The van der Waals surface area contributed by atoms with E-state index in [-0.39, 0.29) is 0 Å². The van der Waals surface area contributed by atoms with E-state index < -0.39 is 0 Å². The lowest BCUT2D eigenvalue weighted by molar-refractivity contribution is 0.621. The van der Waals surface area contributed by atoms with Gasteiger partial charge in [-0.25, -0.2) is 0 Å². The number of hydrogen-bond acceptors (Lipinski definition) is 2. The van der Waals surface area contributed by atoms with Crippen molar-refractivity contribution in [1.29, 1.82) is 0 Å². The molecule has 1 aromatic heterocycles. The third kappa shape index (κ3) is 3.62. The first kappa shape index (κ1) is 11.2. The van der Waals surface area contributed by atoms with Gasteiger partial charge in [-0.15, -0.1) is 11.3 Å². The predicted molar refractivity (Wildman–Crippen MR) is 67.8 cm³/mol. The molecule has 2 rings (SSSR count). The number of rotatable bonds is 6. The molecule has 0 aromatic carbocycles. The van der Waals surface area contributed by atoms with E-state index in [2.05, 4.69) is 25.2 Å². The third-order valence-corrected chi connectivity index (χ3v) is 4.20. The van der Waals surface area contributed by atoms with Gasteiger partial charge in [-0.1, -0.05) is 0 Å². The molecule has 2 heteroatoms. The van der Waals surface area contributed by atoms with Crippen LogP contribution in [0.1, 0.15) is 41.0 Å². The van der Waals surface area contributed by atoms with Gasteiger partial charge in [0.1, 0.15) is 0 Å². The zero-order valence-corrected chi connectivity index (χ0v) is 10.6. The van der Waals surface area contributed by atoms with Gasteiger partial charge in [0.2, 0.25) is 0 Å². The Morgan fingerprint density at radius 3 is 2.73 bits per heavy atom. The SMILES string of the molecule is Cc1cc(C)c(CCCCNC2CC2)s1. The highest BCUT2D eigenvalue weighted by Gasteiger charge is 2.19. The van der Waals surface area contributed by atoms with E-state index in [1.165, 1.54) is 49.1 Å². The Balaban J connectivity index is 1.62. The van der Waals surface area contributed by atoms with E-state index in [1.807, 2.05) is 11.3 Å². The Kier molecular flexibility index (Phi) is 3.81. The van der Waals surface area contributed by atoms with E-state index in [0.29, 0.717) is 0 Å². The van der Waals surface area contributed by atoms with Gasteiger partial charge in [-0.05, 0) is 64.1 Å². The van der Waals surface area contributed by atoms with Crippen LogP contribution in [0.3, 0.4) is 0 Å². The lowest BCUT2D eigenvalue weighted by atomic mass is 10.1. The maximum atomic E-state index is 3.57. The molecule has 84 valence electrons. The average molecular weight is 223 g/mol. The maximum Gasteiger partial charge on any atom is 0.00772 e. The van der Waals surface area contributed by atoms with Gasteiger partial charge < -0.3 is 5.32 Å². The molecule has 1 nitrogen and oxygen atoms in total. The molecule has 1 aliphatic carbocycles. The van der Waals surface area contributed by atoms with Gasteiger partial charge in [0.05, 0.1) is 0 Å². The molecule has 1 fully saturated rings. The molecular weight excluding hydrogens is 202 g/mol. The molecule has 15 heavy (non-hydrogen) atoms. The molecule has 1 heterocycles. The van der Waals surface area contributed by atoms with E-state index >= 15 is 0 Å². The number of nitrogens with one attached hydrogen (secondary N) is 1. The molecule has 0 amide bonds. The fourth-order valence-corrected chi connectivity index (χ4v) is 3.03. The summed E-state index contributed by atoms with van der Waals surface area (Å²) in [6.45, 7) is 5.66. The standard InChI is InChI=1S/C13H21NS/c1-10-9-11(2)15-13(10)5-3-4-8-14-12-6-7-12/h9,12,14H,3-8H2,1-2H3. The van der Waals surface area contributed by atoms with Crippen molar-refractivity contribution in [1.82, 2.24) is 5.32 Å². The summed E-state index contributed by atoms with van der Waals surface area (Å²) in [7, 11) is 0. The number of thiophene rings is 1. The van der Waals surface area contributed by atoms with E-state index in [9.17, 15) is 0 Å². The molecule has 0 atom stereocenters. The first-order valence-corrected chi connectivity index (χ1v) is 6.86. The van der Waals surface area contributed by atoms with Gasteiger partial charge in [-0.3, -0.25) is 0 Å². The first-order valence-electron chi connectivity index (χ1n) is 6.05. The first-order chi connectivity index (χ1) is 7.25. The van der Waals surface area contributed by atoms with Crippen LogP contribution < -0.4 is 5.32 Å². The maximum absolute atomic E-state index is 3.57. The molecule has 0 aliphatic heterocycles. The van der Waals surface area contributed by atoms with Crippen molar-refractivity contribution < 1.29 is 0 Å². The summed E-state index contributed by atoms with van der Waals surface area (Å²) in [5.41, 5.74) is 1.49. The molecule has 1 N–H and O–H groups in total. The molecule has 1 saturated carbocycles. The van der Waals surface area contributed by atoms with Gasteiger partial charge >= 0.3 is 0 Å². The van der Waals surface area contributed by atoms with E-state index in [4.69, 9.17) is 0 Å². The Morgan fingerprint density at radius 1 is 1.33 bits per heavy atom. The zero-order chi connectivity index (χ0) is 10.7. The molecule has 0 spiro atoms. The Labute approximate surface area is 96.9 Å². The van der Waals surface area contributed by atoms with Crippen LogP contribution in [0, 0.1) is 13.8 Å². The normalized spacial score (nSPS) is 15.9. The van der Waals surface area contributed by atoms with Crippen LogP contribution in [-0.4, -0.2) is 12.6 Å². The van der Waals surface area contributed by atoms with Crippen molar-refractivity contribution in [3.63, 3.8) is 0 Å². The average Bonchev–Trinajstić information content (AvgIpc) is 2.94. The van der Waals surface area contributed by atoms with Crippen LogP contribution >= 0.6 is 11.3 Å². The van der Waals surface area contributed by atoms with Gasteiger partial charge in [0.25, 0.3) is 0 Å². The highest BCUT2D eigenvalue weighted by atomic mass is 32.1. The monoisotopic (exact) mass is 223 g/mol. The van der Waals surface area contributed by atoms with E-state index in [1.54, 1.807) is 4.88 Å².